The van der Waals surface area contributed by atoms with Crippen LogP contribution in [0.5, 0.6) is 0 Å². The molecule has 0 aliphatic rings. The lowest BCUT2D eigenvalue weighted by atomic mass is 10.0. The molecule has 0 N–H and O–H groups in total. The monoisotopic (exact) mass is 267 g/mol. The van der Waals surface area contributed by atoms with Crippen LogP contribution in [0.4, 0.5) is 4.39 Å². The Balaban J connectivity index is 2.95. The molecule has 0 bridgehead atoms. The van der Waals surface area contributed by atoms with Crippen LogP contribution in [0.2, 0.25) is 0 Å². The minimum atomic E-state index is -0.326. The van der Waals surface area contributed by atoms with Crippen LogP contribution >= 0.6 is 11.3 Å². The van der Waals surface area contributed by atoms with Crippen molar-refractivity contribution in [3.05, 3.63) is 32.8 Å². The first-order valence-electron chi connectivity index (χ1n) is 6.16. The van der Waals surface area contributed by atoms with E-state index in [1.54, 1.807) is 7.05 Å². The molecule has 0 fully saturated rings. The molecule has 18 heavy (non-hydrogen) atoms. The standard InChI is InChI=1S/C14H18FNOS/c1-7(2)9-6-16(5)14(17)10-11(15)12(8(3)4)18-13(9)10/h6-8H,1-5H3. The zero-order valence-corrected chi connectivity index (χ0v) is 12.2. The number of aromatic nitrogens is 1. The van der Waals surface area contributed by atoms with Crippen LogP contribution in [0.25, 0.3) is 10.1 Å². The Hall–Kier alpha value is -1.16. The van der Waals surface area contributed by atoms with Crippen LogP contribution in [-0.2, 0) is 7.05 Å². The average Bonchev–Trinajstić information content (AvgIpc) is 2.61. The summed E-state index contributed by atoms with van der Waals surface area (Å²) in [4.78, 5) is 12.8. The van der Waals surface area contributed by atoms with Crippen molar-refractivity contribution in [3.63, 3.8) is 0 Å². The Labute approximate surface area is 110 Å². The number of nitrogens with zero attached hydrogens (tertiary/aromatic N) is 1. The molecule has 0 unspecified atom stereocenters. The fourth-order valence-corrected chi connectivity index (χ4v) is 3.44. The largest absolute Gasteiger partial charge is 0.318 e. The van der Waals surface area contributed by atoms with Crippen LogP contribution in [0, 0.1) is 5.82 Å². The molecule has 0 aromatic carbocycles. The Morgan fingerprint density at radius 1 is 1.22 bits per heavy atom. The van der Waals surface area contributed by atoms with Crippen molar-refractivity contribution in [3.8, 4) is 0 Å². The summed E-state index contributed by atoms with van der Waals surface area (Å²) in [5.74, 6) is 0.0533. The number of aryl methyl sites for hydroxylation is 1. The molecule has 0 aliphatic heterocycles. The normalized spacial score (nSPS) is 12.0. The predicted octanol–water partition coefficient (Wildman–Crippen LogP) is 3.99. The number of halogens is 1. The van der Waals surface area contributed by atoms with E-state index in [4.69, 9.17) is 0 Å². The molecule has 2 aromatic heterocycles. The quantitative estimate of drug-likeness (QED) is 0.806. The van der Waals surface area contributed by atoms with Gasteiger partial charge in [-0.1, -0.05) is 27.7 Å². The molecule has 0 saturated carbocycles. The summed E-state index contributed by atoms with van der Waals surface area (Å²) in [5.41, 5.74) is 0.804. The first-order chi connectivity index (χ1) is 8.34. The summed E-state index contributed by atoms with van der Waals surface area (Å²) in [6.45, 7) is 8.03. The van der Waals surface area contributed by atoms with Gasteiger partial charge in [0.25, 0.3) is 5.56 Å². The molecular weight excluding hydrogens is 249 g/mol. The first kappa shape index (κ1) is 13.3. The van der Waals surface area contributed by atoms with E-state index in [-0.39, 0.29) is 28.6 Å². The van der Waals surface area contributed by atoms with E-state index in [0.717, 1.165) is 10.3 Å². The molecule has 0 aliphatic carbocycles. The number of fused-ring (bicyclic) bond motifs is 1. The van der Waals surface area contributed by atoms with Gasteiger partial charge in [0, 0.05) is 22.8 Å². The highest BCUT2D eigenvalue weighted by Crippen LogP contribution is 2.36. The number of hydrogen-bond donors (Lipinski definition) is 0. The average molecular weight is 267 g/mol. The topological polar surface area (TPSA) is 22.0 Å². The van der Waals surface area contributed by atoms with E-state index in [1.165, 1.54) is 15.9 Å². The highest BCUT2D eigenvalue weighted by Gasteiger charge is 2.21. The van der Waals surface area contributed by atoms with Crippen molar-refractivity contribution >= 4 is 21.4 Å². The summed E-state index contributed by atoms with van der Waals surface area (Å²) in [6.07, 6.45) is 1.83. The van der Waals surface area contributed by atoms with Gasteiger partial charge in [0.15, 0.2) is 5.82 Å². The summed E-state index contributed by atoms with van der Waals surface area (Å²) < 4.78 is 16.7. The first-order valence-corrected chi connectivity index (χ1v) is 6.97. The van der Waals surface area contributed by atoms with E-state index < -0.39 is 0 Å². The molecule has 0 radical (unpaired) electrons. The number of thiophene rings is 1. The van der Waals surface area contributed by atoms with E-state index in [1.807, 2.05) is 20.0 Å². The van der Waals surface area contributed by atoms with Gasteiger partial charge in [0.2, 0.25) is 0 Å². The summed E-state index contributed by atoms with van der Waals surface area (Å²) in [6, 6.07) is 0. The Morgan fingerprint density at radius 3 is 2.33 bits per heavy atom. The molecule has 0 spiro atoms. The minimum Gasteiger partial charge on any atom is -0.318 e. The van der Waals surface area contributed by atoms with Crippen LogP contribution in [0.3, 0.4) is 0 Å². The highest BCUT2D eigenvalue weighted by atomic mass is 32.1. The van der Waals surface area contributed by atoms with Gasteiger partial charge >= 0.3 is 0 Å². The summed E-state index contributed by atoms with van der Waals surface area (Å²) >= 11 is 1.42. The van der Waals surface area contributed by atoms with Crippen molar-refractivity contribution < 1.29 is 4.39 Å². The van der Waals surface area contributed by atoms with Crippen LogP contribution in [-0.4, -0.2) is 4.57 Å². The van der Waals surface area contributed by atoms with Gasteiger partial charge in [-0.15, -0.1) is 11.3 Å². The lowest BCUT2D eigenvalue weighted by Crippen LogP contribution is -2.17. The molecule has 0 saturated heterocycles. The van der Waals surface area contributed by atoms with Crippen LogP contribution < -0.4 is 5.56 Å². The van der Waals surface area contributed by atoms with E-state index >= 15 is 0 Å². The lowest BCUT2D eigenvalue weighted by molar-refractivity contribution is 0.616. The molecule has 2 aromatic rings. The third kappa shape index (κ3) is 1.88. The summed E-state index contributed by atoms with van der Waals surface area (Å²) in [7, 11) is 1.68. The summed E-state index contributed by atoms with van der Waals surface area (Å²) in [5, 5.41) is 0.261. The van der Waals surface area contributed by atoms with Crippen LogP contribution in [0.15, 0.2) is 11.0 Å². The van der Waals surface area contributed by atoms with Crippen molar-refractivity contribution in [1.29, 1.82) is 0 Å². The van der Waals surface area contributed by atoms with E-state index in [0.29, 0.717) is 4.88 Å². The van der Waals surface area contributed by atoms with E-state index in [2.05, 4.69) is 13.8 Å². The molecule has 2 rings (SSSR count). The number of rotatable bonds is 2. The van der Waals surface area contributed by atoms with Crippen molar-refractivity contribution in [2.24, 2.45) is 7.05 Å². The lowest BCUT2D eigenvalue weighted by Gasteiger charge is -2.08. The Kier molecular flexibility index (Phi) is 3.32. The SMILES string of the molecule is CC(C)c1sc2c(C(C)C)cn(C)c(=O)c2c1F. The Morgan fingerprint density at radius 2 is 1.83 bits per heavy atom. The second-order valence-corrected chi connectivity index (χ2v) is 6.35. The maximum atomic E-state index is 14.4. The maximum absolute atomic E-state index is 14.4. The second-order valence-electron chi connectivity index (χ2n) is 5.29. The third-order valence-corrected chi connectivity index (χ3v) is 4.66. The minimum absolute atomic E-state index is 0.104. The van der Waals surface area contributed by atoms with Gasteiger partial charge in [-0.3, -0.25) is 4.79 Å². The molecule has 98 valence electrons. The number of pyridine rings is 1. The number of hydrogen-bond acceptors (Lipinski definition) is 2. The van der Waals surface area contributed by atoms with Crippen molar-refractivity contribution in [1.82, 2.24) is 4.57 Å². The predicted molar refractivity (Wildman–Crippen MR) is 75.2 cm³/mol. The molecular formula is C14H18FNOS. The fraction of sp³-hybridized carbons (Fsp3) is 0.500. The zero-order valence-electron chi connectivity index (χ0n) is 11.4. The molecule has 2 nitrogen and oxygen atoms in total. The van der Waals surface area contributed by atoms with Crippen molar-refractivity contribution in [2.75, 3.05) is 0 Å². The van der Waals surface area contributed by atoms with Gasteiger partial charge in [-0.2, -0.15) is 0 Å². The van der Waals surface area contributed by atoms with E-state index in [9.17, 15) is 9.18 Å². The fourth-order valence-electron chi connectivity index (χ4n) is 2.11. The molecule has 0 amide bonds. The van der Waals surface area contributed by atoms with Gasteiger partial charge in [0.1, 0.15) is 0 Å². The van der Waals surface area contributed by atoms with Crippen LogP contribution in [0.1, 0.15) is 50.0 Å². The van der Waals surface area contributed by atoms with Gasteiger partial charge < -0.3 is 4.57 Å². The van der Waals surface area contributed by atoms with Crippen molar-refractivity contribution in [2.45, 2.75) is 39.5 Å². The highest BCUT2D eigenvalue weighted by molar-refractivity contribution is 7.19. The van der Waals surface area contributed by atoms with Gasteiger partial charge in [-0.25, -0.2) is 4.39 Å². The third-order valence-electron chi connectivity index (χ3n) is 3.15. The molecule has 4 heteroatoms. The Bertz CT molecular complexity index is 652. The maximum Gasteiger partial charge on any atom is 0.262 e. The zero-order chi connectivity index (χ0) is 13.6. The molecule has 0 atom stereocenters. The van der Waals surface area contributed by atoms with Gasteiger partial charge in [0.05, 0.1) is 5.39 Å². The van der Waals surface area contributed by atoms with Gasteiger partial charge in [-0.05, 0) is 17.4 Å². The molecule has 2 heterocycles. The second kappa shape index (κ2) is 4.50. The smallest absolute Gasteiger partial charge is 0.262 e.